The van der Waals surface area contributed by atoms with Crippen LogP contribution < -0.4 is 5.32 Å². The zero-order valence-electron chi connectivity index (χ0n) is 15.7. The second-order valence-electron chi connectivity index (χ2n) is 7.27. The number of carboxylic acid groups (broad SMARTS) is 1. The summed E-state index contributed by atoms with van der Waals surface area (Å²) in [5.74, 6) is -1.43. The second kappa shape index (κ2) is 9.35. The Bertz CT molecular complexity index is 804. The van der Waals surface area contributed by atoms with E-state index in [9.17, 15) is 14.0 Å². The van der Waals surface area contributed by atoms with Gasteiger partial charge >= 0.3 is 12.0 Å². The van der Waals surface area contributed by atoms with Crippen LogP contribution in [-0.4, -0.2) is 28.0 Å². The SMILES string of the molecule is O=C(O)C1CCC(NC(=O)N(Cc2ccccc2)Cc2ccccc2F)CC1. The number of halogens is 1. The molecule has 2 aromatic carbocycles. The van der Waals surface area contributed by atoms with Crippen LogP contribution in [0.1, 0.15) is 36.8 Å². The van der Waals surface area contributed by atoms with Gasteiger partial charge < -0.3 is 15.3 Å². The first-order valence-corrected chi connectivity index (χ1v) is 9.58. The summed E-state index contributed by atoms with van der Waals surface area (Å²) in [7, 11) is 0. The maximum Gasteiger partial charge on any atom is 0.318 e. The van der Waals surface area contributed by atoms with Gasteiger partial charge in [0.05, 0.1) is 12.5 Å². The molecule has 0 unspecified atom stereocenters. The van der Waals surface area contributed by atoms with Gasteiger partial charge in [-0.15, -0.1) is 0 Å². The van der Waals surface area contributed by atoms with Crippen LogP contribution in [0.15, 0.2) is 54.6 Å². The van der Waals surface area contributed by atoms with Gasteiger partial charge in [-0.05, 0) is 37.3 Å². The Kier molecular flexibility index (Phi) is 6.63. The van der Waals surface area contributed by atoms with Crippen LogP contribution in [0.5, 0.6) is 0 Å². The quantitative estimate of drug-likeness (QED) is 0.785. The number of amides is 2. The van der Waals surface area contributed by atoms with Gasteiger partial charge in [-0.3, -0.25) is 4.79 Å². The third-order valence-electron chi connectivity index (χ3n) is 5.23. The van der Waals surface area contributed by atoms with E-state index < -0.39 is 5.97 Å². The molecule has 2 N–H and O–H groups in total. The number of nitrogens with zero attached hydrogens (tertiary/aromatic N) is 1. The smallest absolute Gasteiger partial charge is 0.318 e. The number of rotatable bonds is 6. The van der Waals surface area contributed by atoms with Gasteiger partial charge in [0.15, 0.2) is 0 Å². The third-order valence-corrected chi connectivity index (χ3v) is 5.23. The Morgan fingerprint density at radius 1 is 0.964 bits per heavy atom. The fraction of sp³-hybridized carbons (Fsp3) is 0.364. The van der Waals surface area contributed by atoms with Gasteiger partial charge in [0.2, 0.25) is 0 Å². The number of urea groups is 1. The van der Waals surface area contributed by atoms with E-state index in [-0.39, 0.29) is 30.4 Å². The molecule has 1 fully saturated rings. The van der Waals surface area contributed by atoms with Gasteiger partial charge in [-0.2, -0.15) is 0 Å². The van der Waals surface area contributed by atoms with Crippen molar-refractivity contribution < 1.29 is 19.1 Å². The Labute approximate surface area is 164 Å². The number of hydrogen-bond acceptors (Lipinski definition) is 2. The fourth-order valence-corrected chi connectivity index (χ4v) is 3.59. The maximum absolute atomic E-state index is 14.1. The number of benzene rings is 2. The lowest BCUT2D eigenvalue weighted by Gasteiger charge is -2.30. The van der Waals surface area contributed by atoms with Crippen molar-refractivity contribution in [3.63, 3.8) is 0 Å². The second-order valence-corrected chi connectivity index (χ2v) is 7.27. The molecule has 0 aliphatic heterocycles. The van der Waals surface area contributed by atoms with Crippen LogP contribution in [0.4, 0.5) is 9.18 Å². The highest BCUT2D eigenvalue weighted by molar-refractivity contribution is 5.75. The number of hydrogen-bond donors (Lipinski definition) is 2. The maximum atomic E-state index is 14.1. The summed E-state index contributed by atoms with van der Waals surface area (Å²) >= 11 is 0. The summed E-state index contributed by atoms with van der Waals surface area (Å²) in [4.78, 5) is 25.6. The molecule has 2 amide bonds. The molecule has 1 aliphatic carbocycles. The normalized spacial score (nSPS) is 19.0. The predicted octanol–water partition coefficient (Wildman–Crippen LogP) is 4.18. The lowest BCUT2D eigenvalue weighted by atomic mass is 9.86. The Morgan fingerprint density at radius 2 is 1.61 bits per heavy atom. The lowest BCUT2D eigenvalue weighted by Crippen LogP contribution is -2.45. The third kappa shape index (κ3) is 5.31. The van der Waals surface area contributed by atoms with E-state index >= 15 is 0 Å². The van der Waals surface area contributed by atoms with E-state index in [1.165, 1.54) is 6.07 Å². The molecule has 0 radical (unpaired) electrons. The number of carbonyl (C=O) groups is 2. The molecule has 2 aromatic rings. The Balaban J connectivity index is 1.68. The summed E-state index contributed by atoms with van der Waals surface area (Å²) in [6.45, 7) is 0.531. The first kappa shape index (κ1) is 19.9. The van der Waals surface area contributed by atoms with Crippen molar-refractivity contribution in [3.8, 4) is 0 Å². The minimum atomic E-state index is -0.768. The van der Waals surface area contributed by atoms with E-state index in [1.807, 2.05) is 30.3 Å². The number of carbonyl (C=O) groups excluding carboxylic acids is 1. The summed E-state index contributed by atoms with van der Waals surface area (Å²) in [6.07, 6.45) is 2.40. The number of carboxylic acids is 1. The Hall–Kier alpha value is -2.89. The molecule has 28 heavy (non-hydrogen) atoms. The van der Waals surface area contributed by atoms with E-state index in [0.717, 1.165) is 5.56 Å². The highest BCUT2D eigenvalue weighted by Crippen LogP contribution is 2.25. The molecule has 0 saturated heterocycles. The molecule has 0 bridgehead atoms. The molecular weight excluding hydrogens is 359 g/mol. The van der Waals surface area contributed by atoms with Crippen molar-refractivity contribution in [2.75, 3.05) is 0 Å². The fourth-order valence-electron chi connectivity index (χ4n) is 3.59. The molecule has 148 valence electrons. The summed E-state index contributed by atoms with van der Waals surface area (Å²) < 4.78 is 14.1. The largest absolute Gasteiger partial charge is 0.481 e. The minimum absolute atomic E-state index is 0.0537. The van der Waals surface area contributed by atoms with Crippen molar-refractivity contribution in [1.82, 2.24) is 10.2 Å². The predicted molar refractivity (Wildman–Crippen MR) is 104 cm³/mol. The van der Waals surface area contributed by atoms with Gasteiger partial charge in [-0.25, -0.2) is 9.18 Å². The molecule has 0 atom stereocenters. The van der Waals surface area contributed by atoms with Crippen LogP contribution in [0, 0.1) is 11.7 Å². The van der Waals surface area contributed by atoms with Crippen LogP contribution >= 0.6 is 0 Å². The molecule has 0 spiro atoms. The van der Waals surface area contributed by atoms with Crippen LogP contribution in [-0.2, 0) is 17.9 Å². The molecule has 0 aromatic heterocycles. The van der Waals surface area contributed by atoms with E-state index in [4.69, 9.17) is 5.11 Å². The Morgan fingerprint density at radius 3 is 2.25 bits per heavy atom. The van der Waals surface area contributed by atoms with Crippen LogP contribution in [0.25, 0.3) is 0 Å². The summed E-state index contributed by atoms with van der Waals surface area (Å²) in [5, 5.41) is 12.1. The van der Waals surface area contributed by atoms with Crippen molar-refractivity contribution >= 4 is 12.0 Å². The van der Waals surface area contributed by atoms with Crippen molar-refractivity contribution in [1.29, 1.82) is 0 Å². The summed E-state index contributed by atoms with van der Waals surface area (Å²) in [6, 6.07) is 15.7. The van der Waals surface area contributed by atoms with E-state index in [2.05, 4.69) is 5.32 Å². The number of aliphatic carboxylic acids is 1. The molecule has 1 saturated carbocycles. The average molecular weight is 384 g/mol. The first-order valence-electron chi connectivity index (χ1n) is 9.58. The van der Waals surface area contributed by atoms with Crippen molar-refractivity contribution in [3.05, 3.63) is 71.5 Å². The van der Waals surface area contributed by atoms with Crippen LogP contribution in [0.3, 0.4) is 0 Å². The molecule has 5 nitrogen and oxygen atoms in total. The van der Waals surface area contributed by atoms with Crippen molar-refractivity contribution in [2.24, 2.45) is 5.92 Å². The average Bonchev–Trinajstić information content (AvgIpc) is 2.70. The number of nitrogens with one attached hydrogen (secondary N) is 1. The summed E-state index contributed by atoms with van der Waals surface area (Å²) in [5.41, 5.74) is 1.42. The highest BCUT2D eigenvalue weighted by Gasteiger charge is 2.28. The standard InChI is InChI=1S/C22H25FN2O3/c23-20-9-5-4-8-18(20)15-25(14-16-6-2-1-3-7-16)22(28)24-19-12-10-17(11-13-19)21(26)27/h1-9,17,19H,10-15H2,(H,24,28)(H,26,27). The first-order chi connectivity index (χ1) is 13.5. The van der Waals surface area contributed by atoms with Gasteiger partial charge in [0.1, 0.15) is 5.82 Å². The highest BCUT2D eigenvalue weighted by atomic mass is 19.1. The van der Waals surface area contributed by atoms with Gasteiger partial charge in [0, 0.05) is 18.2 Å². The molecule has 1 aliphatic rings. The van der Waals surface area contributed by atoms with Crippen molar-refractivity contribution in [2.45, 2.75) is 44.8 Å². The molecule has 0 heterocycles. The molecule has 3 rings (SSSR count). The zero-order chi connectivity index (χ0) is 19.9. The minimum Gasteiger partial charge on any atom is -0.481 e. The van der Waals surface area contributed by atoms with E-state index in [0.29, 0.717) is 37.8 Å². The van der Waals surface area contributed by atoms with Crippen LogP contribution in [0.2, 0.25) is 0 Å². The molecule has 6 heteroatoms. The topological polar surface area (TPSA) is 69.6 Å². The zero-order valence-corrected chi connectivity index (χ0v) is 15.7. The lowest BCUT2D eigenvalue weighted by molar-refractivity contribution is -0.142. The van der Waals surface area contributed by atoms with Gasteiger partial charge in [-0.1, -0.05) is 48.5 Å². The van der Waals surface area contributed by atoms with Gasteiger partial charge in [0.25, 0.3) is 0 Å². The molecular formula is C22H25FN2O3. The monoisotopic (exact) mass is 384 g/mol. The van der Waals surface area contributed by atoms with E-state index in [1.54, 1.807) is 23.1 Å².